The van der Waals surface area contributed by atoms with E-state index >= 15 is 0 Å². The molecule has 0 fully saturated rings. The summed E-state index contributed by atoms with van der Waals surface area (Å²) in [5.74, 6) is 0.368. The molecule has 3 aromatic rings. The fraction of sp³-hybridized carbons (Fsp3) is 0.231. The molecular formula is C13H11ClN4O3S. The van der Waals surface area contributed by atoms with Crippen molar-refractivity contribution in [1.82, 2.24) is 20.3 Å². The van der Waals surface area contributed by atoms with Gasteiger partial charge in [0.15, 0.2) is 5.01 Å². The minimum absolute atomic E-state index is 0.0445. The van der Waals surface area contributed by atoms with Crippen molar-refractivity contribution in [3.05, 3.63) is 34.3 Å². The van der Waals surface area contributed by atoms with Gasteiger partial charge in [-0.1, -0.05) is 45.3 Å². The highest BCUT2D eigenvalue weighted by Gasteiger charge is 2.13. The molecule has 2 aromatic heterocycles. The first-order valence-electron chi connectivity index (χ1n) is 6.43. The summed E-state index contributed by atoms with van der Waals surface area (Å²) in [6, 6.07) is 7.23. The number of hydrogen-bond donors (Lipinski definition) is 0. The summed E-state index contributed by atoms with van der Waals surface area (Å²) in [7, 11) is 0. The van der Waals surface area contributed by atoms with Gasteiger partial charge in [-0.05, 0) is 19.1 Å². The Hall–Kier alpha value is -2.19. The van der Waals surface area contributed by atoms with E-state index in [1.807, 2.05) is 19.1 Å². The van der Waals surface area contributed by atoms with Crippen LogP contribution in [0.5, 0.6) is 11.3 Å². The molecule has 2 heterocycles. The Morgan fingerprint density at radius 3 is 2.91 bits per heavy atom. The van der Waals surface area contributed by atoms with E-state index in [4.69, 9.17) is 25.6 Å². The van der Waals surface area contributed by atoms with Crippen molar-refractivity contribution in [3.63, 3.8) is 0 Å². The van der Waals surface area contributed by atoms with E-state index in [1.165, 1.54) is 11.3 Å². The third-order valence-electron chi connectivity index (χ3n) is 2.56. The van der Waals surface area contributed by atoms with Crippen molar-refractivity contribution in [1.29, 1.82) is 0 Å². The lowest BCUT2D eigenvalue weighted by Gasteiger charge is -1.96. The van der Waals surface area contributed by atoms with Crippen LogP contribution in [0.4, 0.5) is 0 Å². The molecule has 0 unspecified atom stereocenters. The van der Waals surface area contributed by atoms with Crippen LogP contribution in [0.15, 0.2) is 28.8 Å². The maximum Gasteiger partial charge on any atom is 0.418 e. The predicted molar refractivity (Wildman–Crippen MR) is 80.2 cm³/mol. The average Bonchev–Trinajstić information content (AvgIpc) is 3.15. The van der Waals surface area contributed by atoms with E-state index in [0.717, 1.165) is 0 Å². The maximum absolute atomic E-state index is 6.08. The van der Waals surface area contributed by atoms with Crippen LogP contribution < -0.4 is 9.47 Å². The van der Waals surface area contributed by atoms with E-state index in [1.54, 1.807) is 12.1 Å². The highest BCUT2D eigenvalue weighted by molar-refractivity contribution is 7.13. The zero-order valence-corrected chi connectivity index (χ0v) is 13.1. The van der Waals surface area contributed by atoms with Gasteiger partial charge in [-0.25, -0.2) is 0 Å². The zero-order valence-electron chi connectivity index (χ0n) is 11.5. The Labute approximate surface area is 134 Å². The van der Waals surface area contributed by atoms with Gasteiger partial charge in [0, 0.05) is 5.56 Å². The summed E-state index contributed by atoms with van der Waals surface area (Å²) in [6.45, 7) is 2.60. The summed E-state index contributed by atoms with van der Waals surface area (Å²) in [5.41, 5.74) is 0.678. The van der Waals surface area contributed by atoms with Crippen molar-refractivity contribution in [2.24, 2.45) is 0 Å². The molecule has 0 aliphatic heterocycles. The van der Waals surface area contributed by atoms with E-state index < -0.39 is 0 Å². The second-order valence-corrected chi connectivity index (χ2v) is 5.48. The first-order chi connectivity index (χ1) is 10.8. The van der Waals surface area contributed by atoms with Gasteiger partial charge in [-0.15, -0.1) is 5.10 Å². The van der Waals surface area contributed by atoms with E-state index in [-0.39, 0.29) is 12.7 Å². The molecule has 0 amide bonds. The normalized spacial score (nSPS) is 10.6. The fourth-order valence-corrected chi connectivity index (χ4v) is 2.50. The van der Waals surface area contributed by atoms with Gasteiger partial charge < -0.3 is 9.47 Å². The van der Waals surface area contributed by atoms with Gasteiger partial charge in [0.2, 0.25) is 5.82 Å². The molecule has 0 saturated carbocycles. The molecule has 0 atom stereocenters. The van der Waals surface area contributed by atoms with E-state index in [2.05, 4.69) is 20.3 Å². The minimum atomic E-state index is 0.0445. The Bertz CT molecular complexity index is 761. The second-order valence-electron chi connectivity index (χ2n) is 4.05. The van der Waals surface area contributed by atoms with Gasteiger partial charge in [0.1, 0.15) is 6.61 Å². The third-order valence-corrected chi connectivity index (χ3v) is 3.70. The molecule has 1 aromatic carbocycles. The molecule has 114 valence electrons. The van der Waals surface area contributed by atoms with Crippen LogP contribution >= 0.6 is 22.9 Å². The number of hydrogen-bond acceptors (Lipinski definition) is 8. The van der Waals surface area contributed by atoms with Crippen molar-refractivity contribution in [2.75, 3.05) is 6.61 Å². The molecule has 9 heteroatoms. The number of rotatable bonds is 6. The summed E-state index contributed by atoms with van der Waals surface area (Å²) in [5, 5.41) is 13.3. The van der Waals surface area contributed by atoms with Crippen molar-refractivity contribution < 1.29 is 14.0 Å². The molecule has 7 nitrogen and oxygen atoms in total. The topological polar surface area (TPSA) is 83.2 Å². The molecule has 0 aliphatic carbocycles. The van der Waals surface area contributed by atoms with Crippen LogP contribution in [0.25, 0.3) is 11.4 Å². The summed E-state index contributed by atoms with van der Waals surface area (Å²) in [4.78, 5) is 4.14. The van der Waals surface area contributed by atoms with Crippen molar-refractivity contribution in [2.45, 2.75) is 13.5 Å². The number of halogens is 1. The molecule has 0 radical (unpaired) electrons. The second kappa shape index (κ2) is 6.71. The monoisotopic (exact) mass is 338 g/mol. The SMILES string of the molecule is CCOc1nnc(COc2nc(-c3ccccc3Cl)no2)s1. The lowest BCUT2D eigenvalue weighted by Crippen LogP contribution is -1.95. The molecule has 0 aliphatic rings. The van der Waals surface area contributed by atoms with Crippen LogP contribution in [0.3, 0.4) is 0 Å². The highest BCUT2D eigenvalue weighted by Crippen LogP contribution is 2.26. The first kappa shape index (κ1) is 14.7. The lowest BCUT2D eigenvalue weighted by atomic mass is 10.2. The number of ether oxygens (including phenoxy) is 2. The molecule has 3 rings (SSSR count). The zero-order chi connectivity index (χ0) is 15.4. The highest BCUT2D eigenvalue weighted by atomic mass is 35.5. The van der Waals surface area contributed by atoms with Crippen LogP contribution in [0.1, 0.15) is 11.9 Å². The molecular weight excluding hydrogens is 328 g/mol. The number of benzene rings is 1. The Kier molecular flexibility index (Phi) is 4.50. The maximum atomic E-state index is 6.08. The minimum Gasteiger partial charge on any atom is -0.469 e. The number of nitrogens with zero attached hydrogens (tertiary/aromatic N) is 4. The van der Waals surface area contributed by atoms with Gasteiger partial charge >= 0.3 is 6.08 Å². The average molecular weight is 339 g/mol. The van der Waals surface area contributed by atoms with Gasteiger partial charge in [-0.3, -0.25) is 4.52 Å². The smallest absolute Gasteiger partial charge is 0.418 e. The number of aromatic nitrogens is 4. The summed E-state index contributed by atoms with van der Waals surface area (Å²) >= 11 is 7.38. The summed E-state index contributed by atoms with van der Waals surface area (Å²) < 4.78 is 15.7. The summed E-state index contributed by atoms with van der Waals surface area (Å²) in [6.07, 6.45) is 0.0445. The van der Waals surface area contributed by atoms with Crippen molar-refractivity contribution >= 4 is 22.9 Å². The van der Waals surface area contributed by atoms with Crippen LogP contribution in [-0.4, -0.2) is 26.9 Å². The van der Waals surface area contributed by atoms with Gasteiger partial charge in [0.25, 0.3) is 5.19 Å². The molecule has 0 saturated heterocycles. The molecule has 22 heavy (non-hydrogen) atoms. The standard InChI is InChI=1S/C13H11ClN4O3S/c1-2-19-13-17-16-10(22-13)7-20-12-15-11(18-21-12)8-5-3-4-6-9(8)14/h3-6H,2,7H2,1H3. The predicted octanol–water partition coefficient (Wildman–Crippen LogP) is 3.22. The lowest BCUT2D eigenvalue weighted by molar-refractivity contribution is 0.194. The van der Waals surface area contributed by atoms with Crippen LogP contribution in [0, 0.1) is 0 Å². The van der Waals surface area contributed by atoms with E-state index in [9.17, 15) is 0 Å². The fourth-order valence-electron chi connectivity index (χ4n) is 1.62. The quantitative estimate of drug-likeness (QED) is 0.682. The molecule has 0 N–H and O–H groups in total. The Morgan fingerprint density at radius 2 is 2.09 bits per heavy atom. The van der Waals surface area contributed by atoms with Crippen LogP contribution in [-0.2, 0) is 6.61 Å². The van der Waals surface area contributed by atoms with Gasteiger partial charge in [0.05, 0.1) is 11.6 Å². The van der Waals surface area contributed by atoms with Crippen LogP contribution in [0.2, 0.25) is 5.02 Å². The van der Waals surface area contributed by atoms with E-state index in [0.29, 0.717) is 33.2 Å². The molecule has 0 spiro atoms. The Balaban J connectivity index is 1.65. The molecule has 0 bridgehead atoms. The largest absolute Gasteiger partial charge is 0.469 e. The first-order valence-corrected chi connectivity index (χ1v) is 7.62. The Morgan fingerprint density at radius 1 is 1.23 bits per heavy atom. The third kappa shape index (κ3) is 3.34. The van der Waals surface area contributed by atoms with Crippen molar-refractivity contribution in [3.8, 4) is 22.7 Å². The van der Waals surface area contributed by atoms with Gasteiger partial charge in [-0.2, -0.15) is 4.98 Å².